The minimum absolute atomic E-state index is 0.0781. The SMILES string of the molecule is O=C1CC(S(=O)(=O)F)CN1CCc1ccc2ccccc2n1. The lowest BCUT2D eigenvalue weighted by atomic mass is 10.2. The second kappa shape index (κ2) is 5.64. The Labute approximate surface area is 128 Å². The van der Waals surface area contributed by atoms with E-state index in [0.29, 0.717) is 13.0 Å². The standard InChI is InChI=1S/C15H15FN2O3S/c16-22(20,21)13-9-15(19)18(10-13)8-7-12-6-5-11-3-1-2-4-14(11)17-12/h1-6,13H,7-10H2. The van der Waals surface area contributed by atoms with Gasteiger partial charge in [-0.1, -0.05) is 24.3 Å². The monoisotopic (exact) mass is 322 g/mol. The van der Waals surface area contributed by atoms with Crippen molar-refractivity contribution in [3.63, 3.8) is 0 Å². The highest BCUT2D eigenvalue weighted by Crippen LogP contribution is 2.20. The maximum absolute atomic E-state index is 13.0. The molecule has 1 saturated heterocycles. The van der Waals surface area contributed by atoms with Gasteiger partial charge >= 0.3 is 10.2 Å². The maximum Gasteiger partial charge on any atom is 0.307 e. The second-order valence-electron chi connectivity index (χ2n) is 5.39. The Balaban J connectivity index is 1.68. The summed E-state index contributed by atoms with van der Waals surface area (Å²) in [5, 5.41) is -0.198. The molecule has 116 valence electrons. The van der Waals surface area contributed by atoms with Crippen LogP contribution in [0.15, 0.2) is 36.4 Å². The quantitative estimate of drug-likeness (QED) is 0.803. The van der Waals surface area contributed by atoms with Crippen LogP contribution in [0.25, 0.3) is 10.9 Å². The Kier molecular flexibility index (Phi) is 3.82. The van der Waals surface area contributed by atoms with Crippen molar-refractivity contribution in [2.24, 2.45) is 0 Å². The minimum atomic E-state index is -4.66. The molecule has 3 rings (SSSR count). The van der Waals surface area contributed by atoms with Gasteiger partial charge in [-0.25, -0.2) is 0 Å². The molecule has 0 radical (unpaired) electrons. The minimum Gasteiger partial charge on any atom is -0.341 e. The van der Waals surface area contributed by atoms with Crippen LogP contribution in [0.2, 0.25) is 0 Å². The van der Waals surface area contributed by atoms with Crippen molar-refractivity contribution >= 4 is 27.0 Å². The number of nitrogens with zero attached hydrogens (tertiary/aromatic N) is 2. The molecule has 1 amide bonds. The number of amides is 1. The van der Waals surface area contributed by atoms with Gasteiger partial charge in [-0.3, -0.25) is 9.78 Å². The first-order valence-corrected chi connectivity index (χ1v) is 8.44. The van der Waals surface area contributed by atoms with Gasteiger partial charge in [0, 0.05) is 37.0 Å². The number of pyridine rings is 1. The summed E-state index contributed by atoms with van der Waals surface area (Å²) in [5.41, 5.74) is 1.69. The Morgan fingerprint density at radius 1 is 1.23 bits per heavy atom. The molecule has 2 aromatic rings. The predicted octanol–water partition coefficient (Wildman–Crippen LogP) is 1.68. The van der Waals surface area contributed by atoms with Crippen molar-refractivity contribution in [1.82, 2.24) is 9.88 Å². The lowest BCUT2D eigenvalue weighted by molar-refractivity contribution is -0.127. The number of hydrogen-bond acceptors (Lipinski definition) is 4. The van der Waals surface area contributed by atoms with Gasteiger partial charge in [-0.15, -0.1) is 3.89 Å². The number of rotatable bonds is 4. The van der Waals surface area contributed by atoms with Crippen molar-refractivity contribution < 1.29 is 17.1 Å². The number of likely N-dealkylation sites (tertiary alicyclic amines) is 1. The summed E-state index contributed by atoms with van der Waals surface area (Å²) >= 11 is 0. The van der Waals surface area contributed by atoms with Crippen LogP contribution in [0.1, 0.15) is 12.1 Å². The molecular weight excluding hydrogens is 307 g/mol. The fourth-order valence-electron chi connectivity index (χ4n) is 2.64. The Bertz CT molecular complexity index is 822. The van der Waals surface area contributed by atoms with Crippen LogP contribution in [-0.4, -0.2) is 42.5 Å². The Morgan fingerprint density at radius 3 is 2.73 bits per heavy atom. The zero-order chi connectivity index (χ0) is 15.7. The zero-order valence-corrected chi connectivity index (χ0v) is 12.6. The highest BCUT2D eigenvalue weighted by molar-refractivity contribution is 7.87. The van der Waals surface area contributed by atoms with E-state index in [-0.39, 0.29) is 18.9 Å². The number of para-hydroxylation sites is 1. The lowest BCUT2D eigenvalue weighted by Crippen LogP contribution is -2.29. The molecule has 5 nitrogen and oxygen atoms in total. The molecule has 1 aliphatic rings. The number of benzene rings is 1. The van der Waals surface area contributed by atoms with Gasteiger partial charge in [-0.2, -0.15) is 8.42 Å². The van der Waals surface area contributed by atoms with E-state index in [1.54, 1.807) is 0 Å². The molecule has 1 aromatic heterocycles. The summed E-state index contributed by atoms with van der Waals surface area (Å²) in [6.45, 7) is 0.265. The molecule has 0 bridgehead atoms. The molecule has 1 fully saturated rings. The van der Waals surface area contributed by atoms with E-state index in [9.17, 15) is 17.1 Å². The van der Waals surface area contributed by atoms with E-state index < -0.39 is 15.5 Å². The van der Waals surface area contributed by atoms with Crippen LogP contribution < -0.4 is 0 Å². The molecule has 1 atom stereocenters. The van der Waals surface area contributed by atoms with Crippen LogP contribution in [0.5, 0.6) is 0 Å². The maximum atomic E-state index is 13.0. The normalized spacial score (nSPS) is 19.0. The third-order valence-corrected chi connectivity index (χ3v) is 4.98. The van der Waals surface area contributed by atoms with Gasteiger partial charge in [0.1, 0.15) is 5.25 Å². The lowest BCUT2D eigenvalue weighted by Gasteiger charge is -2.15. The molecule has 1 aromatic carbocycles. The van der Waals surface area contributed by atoms with Gasteiger partial charge in [0.05, 0.1) is 5.52 Å². The number of halogens is 1. The molecular formula is C15H15FN2O3S. The summed E-state index contributed by atoms with van der Waals surface area (Å²) in [5.74, 6) is -0.327. The van der Waals surface area contributed by atoms with E-state index in [0.717, 1.165) is 16.6 Å². The van der Waals surface area contributed by atoms with Gasteiger partial charge in [0.15, 0.2) is 0 Å². The van der Waals surface area contributed by atoms with Crippen LogP contribution in [0.4, 0.5) is 3.89 Å². The van der Waals surface area contributed by atoms with E-state index in [1.165, 1.54) is 4.90 Å². The largest absolute Gasteiger partial charge is 0.341 e. The highest BCUT2D eigenvalue weighted by Gasteiger charge is 2.38. The van der Waals surface area contributed by atoms with Crippen molar-refractivity contribution in [1.29, 1.82) is 0 Å². The fraction of sp³-hybridized carbons (Fsp3) is 0.333. The van der Waals surface area contributed by atoms with Crippen molar-refractivity contribution in [2.45, 2.75) is 18.1 Å². The zero-order valence-electron chi connectivity index (χ0n) is 11.8. The second-order valence-corrected chi connectivity index (χ2v) is 7.00. The molecule has 0 spiro atoms. The molecule has 22 heavy (non-hydrogen) atoms. The number of fused-ring (bicyclic) bond motifs is 1. The number of aromatic nitrogens is 1. The smallest absolute Gasteiger partial charge is 0.307 e. The first-order chi connectivity index (χ1) is 10.4. The summed E-state index contributed by atoms with van der Waals surface area (Å²) in [6.07, 6.45) is 0.236. The Morgan fingerprint density at radius 2 is 2.00 bits per heavy atom. The average molecular weight is 322 g/mol. The molecule has 0 N–H and O–H groups in total. The molecule has 2 heterocycles. The predicted molar refractivity (Wildman–Crippen MR) is 80.5 cm³/mol. The summed E-state index contributed by atoms with van der Waals surface area (Å²) in [7, 11) is -4.66. The van der Waals surface area contributed by atoms with E-state index in [4.69, 9.17) is 0 Å². The summed E-state index contributed by atoms with van der Waals surface area (Å²) in [4.78, 5) is 17.6. The van der Waals surface area contributed by atoms with Gasteiger partial charge < -0.3 is 4.90 Å². The summed E-state index contributed by atoms with van der Waals surface area (Å²) < 4.78 is 34.7. The number of carbonyl (C=O) groups is 1. The molecule has 0 saturated carbocycles. The van der Waals surface area contributed by atoms with Crippen molar-refractivity contribution in [3.05, 3.63) is 42.1 Å². The van der Waals surface area contributed by atoms with Gasteiger partial charge in [0.25, 0.3) is 0 Å². The molecule has 7 heteroatoms. The third-order valence-electron chi connectivity index (χ3n) is 3.87. The number of hydrogen-bond donors (Lipinski definition) is 0. The molecule has 1 unspecified atom stereocenters. The van der Waals surface area contributed by atoms with Crippen LogP contribution in [0.3, 0.4) is 0 Å². The average Bonchev–Trinajstić information content (AvgIpc) is 2.86. The van der Waals surface area contributed by atoms with Gasteiger partial charge in [-0.05, 0) is 12.1 Å². The first kappa shape index (κ1) is 14.9. The summed E-state index contributed by atoms with van der Waals surface area (Å²) in [6, 6.07) is 11.5. The highest BCUT2D eigenvalue weighted by atomic mass is 32.3. The van der Waals surface area contributed by atoms with E-state index in [2.05, 4.69) is 4.98 Å². The fourth-order valence-corrected chi connectivity index (χ4v) is 3.34. The molecule has 0 aliphatic carbocycles. The van der Waals surface area contributed by atoms with E-state index in [1.807, 2.05) is 36.4 Å². The van der Waals surface area contributed by atoms with Crippen LogP contribution in [-0.2, 0) is 21.4 Å². The topological polar surface area (TPSA) is 67.3 Å². The third kappa shape index (κ3) is 3.09. The first-order valence-electron chi connectivity index (χ1n) is 6.99. The Hall–Kier alpha value is -2.02. The van der Waals surface area contributed by atoms with Gasteiger partial charge in [0.2, 0.25) is 5.91 Å². The van der Waals surface area contributed by atoms with Crippen LogP contribution >= 0.6 is 0 Å². The van der Waals surface area contributed by atoms with Crippen LogP contribution in [0, 0.1) is 0 Å². The van der Waals surface area contributed by atoms with Crippen molar-refractivity contribution in [2.75, 3.05) is 13.1 Å². The van der Waals surface area contributed by atoms with Crippen molar-refractivity contribution in [3.8, 4) is 0 Å². The number of carbonyl (C=O) groups excluding carboxylic acids is 1. The molecule has 1 aliphatic heterocycles. The van der Waals surface area contributed by atoms with E-state index >= 15 is 0 Å².